The highest BCUT2D eigenvalue weighted by Crippen LogP contribution is 2.42. The van der Waals surface area contributed by atoms with Gasteiger partial charge in [-0.1, -0.05) is 51.3 Å². The highest BCUT2D eigenvalue weighted by molar-refractivity contribution is 5.97. The molecule has 1 saturated carbocycles. The zero-order valence-electron chi connectivity index (χ0n) is 15.1. The predicted molar refractivity (Wildman–Crippen MR) is 100 cm³/mol. The van der Waals surface area contributed by atoms with Crippen molar-refractivity contribution in [3.05, 3.63) is 36.0 Å². The molecule has 0 radical (unpaired) electrons. The van der Waals surface area contributed by atoms with Crippen LogP contribution in [-0.4, -0.2) is 10.9 Å². The van der Waals surface area contributed by atoms with Gasteiger partial charge >= 0.3 is 0 Å². The number of aromatic nitrogens is 1. The van der Waals surface area contributed by atoms with Gasteiger partial charge in [-0.15, -0.1) is 0 Å². The summed E-state index contributed by atoms with van der Waals surface area (Å²) in [6, 6.07) is 10.1. The summed E-state index contributed by atoms with van der Waals surface area (Å²) >= 11 is 0. The third-order valence-corrected chi connectivity index (χ3v) is 5.25. The van der Waals surface area contributed by atoms with Crippen LogP contribution in [0.15, 0.2) is 30.3 Å². The average Bonchev–Trinajstić information content (AvgIpc) is 2.55. The van der Waals surface area contributed by atoms with Gasteiger partial charge in [0.05, 0.1) is 16.9 Å². The number of hydrogen-bond acceptors (Lipinski definition) is 2. The van der Waals surface area contributed by atoms with Crippen molar-refractivity contribution in [2.24, 2.45) is 11.3 Å². The summed E-state index contributed by atoms with van der Waals surface area (Å²) in [5.74, 6) is 0.723. The molecule has 3 nitrogen and oxygen atoms in total. The van der Waals surface area contributed by atoms with E-state index in [2.05, 4.69) is 30.2 Å². The Kier molecular flexibility index (Phi) is 4.88. The number of anilines is 1. The largest absolute Gasteiger partial charge is 0.324 e. The zero-order valence-corrected chi connectivity index (χ0v) is 15.1. The molecule has 3 rings (SSSR count). The van der Waals surface area contributed by atoms with E-state index in [1.807, 2.05) is 31.2 Å². The molecule has 0 spiro atoms. The topological polar surface area (TPSA) is 42.0 Å². The maximum Gasteiger partial charge on any atom is 0.230 e. The van der Waals surface area contributed by atoms with Gasteiger partial charge in [0.25, 0.3) is 0 Å². The number of hydrogen-bond donors (Lipinski definition) is 1. The molecule has 0 bridgehead atoms. The summed E-state index contributed by atoms with van der Waals surface area (Å²) in [7, 11) is 0. The minimum absolute atomic E-state index is 0.191. The lowest BCUT2D eigenvalue weighted by atomic mass is 9.68. The number of pyridine rings is 1. The van der Waals surface area contributed by atoms with Crippen molar-refractivity contribution >= 4 is 22.5 Å². The number of amides is 1. The minimum atomic E-state index is -0.204. The Hall–Kier alpha value is -1.90. The van der Waals surface area contributed by atoms with E-state index in [0.717, 1.165) is 54.4 Å². The molecule has 0 saturated heterocycles. The SMILES string of the molecule is Cc1nc2ccccc2cc1NC(=O)C1(CC(C)C)CCCCC1. The van der Waals surface area contributed by atoms with Crippen molar-refractivity contribution in [1.29, 1.82) is 0 Å². The number of nitrogens with one attached hydrogen (secondary N) is 1. The van der Waals surface area contributed by atoms with Gasteiger partial charge in [-0.25, -0.2) is 0 Å². The monoisotopic (exact) mass is 324 g/mol. The molecule has 0 unspecified atom stereocenters. The second kappa shape index (κ2) is 6.92. The van der Waals surface area contributed by atoms with Crippen LogP contribution in [-0.2, 0) is 4.79 Å². The molecule has 0 atom stereocenters. The Bertz CT molecular complexity index is 730. The summed E-state index contributed by atoms with van der Waals surface area (Å²) in [5.41, 5.74) is 2.51. The Balaban J connectivity index is 1.88. The highest BCUT2D eigenvalue weighted by Gasteiger charge is 2.39. The fourth-order valence-corrected chi connectivity index (χ4v) is 4.13. The normalized spacial score (nSPS) is 17.2. The molecule has 0 aliphatic heterocycles. The Labute approximate surface area is 144 Å². The molecule has 1 aliphatic rings. The van der Waals surface area contributed by atoms with Crippen molar-refractivity contribution < 1.29 is 4.79 Å². The molecular weight excluding hydrogens is 296 g/mol. The van der Waals surface area contributed by atoms with E-state index in [0.29, 0.717) is 5.92 Å². The molecule has 1 aromatic heterocycles. The van der Waals surface area contributed by atoms with Gasteiger partial charge in [-0.3, -0.25) is 9.78 Å². The maximum atomic E-state index is 13.2. The molecule has 2 aromatic rings. The number of para-hydroxylation sites is 1. The van der Waals surface area contributed by atoms with Gasteiger partial charge in [-0.05, 0) is 44.2 Å². The van der Waals surface area contributed by atoms with Gasteiger partial charge in [-0.2, -0.15) is 0 Å². The van der Waals surface area contributed by atoms with E-state index in [1.54, 1.807) is 0 Å². The van der Waals surface area contributed by atoms with Crippen LogP contribution >= 0.6 is 0 Å². The van der Waals surface area contributed by atoms with Crippen LogP contribution in [0.2, 0.25) is 0 Å². The van der Waals surface area contributed by atoms with E-state index in [1.165, 1.54) is 6.42 Å². The number of carbonyl (C=O) groups is 1. The number of benzene rings is 1. The maximum absolute atomic E-state index is 13.2. The van der Waals surface area contributed by atoms with Gasteiger partial charge in [0.1, 0.15) is 0 Å². The van der Waals surface area contributed by atoms with Crippen LogP contribution in [0.1, 0.15) is 58.1 Å². The van der Waals surface area contributed by atoms with Crippen LogP contribution in [0.5, 0.6) is 0 Å². The Morgan fingerprint density at radius 1 is 1.21 bits per heavy atom. The third kappa shape index (κ3) is 3.45. The summed E-state index contributed by atoms with van der Waals surface area (Å²) in [5, 5.41) is 4.29. The molecular formula is C21H28N2O. The third-order valence-electron chi connectivity index (χ3n) is 5.25. The first-order chi connectivity index (χ1) is 11.5. The second-order valence-corrected chi connectivity index (χ2v) is 7.71. The van der Waals surface area contributed by atoms with Gasteiger partial charge < -0.3 is 5.32 Å². The van der Waals surface area contributed by atoms with Crippen molar-refractivity contribution in [3.8, 4) is 0 Å². The lowest BCUT2D eigenvalue weighted by molar-refractivity contribution is -0.128. The van der Waals surface area contributed by atoms with Crippen molar-refractivity contribution in [2.75, 3.05) is 5.32 Å². The van der Waals surface area contributed by atoms with E-state index in [9.17, 15) is 4.79 Å². The second-order valence-electron chi connectivity index (χ2n) is 7.71. The van der Waals surface area contributed by atoms with Crippen LogP contribution in [0.3, 0.4) is 0 Å². The Morgan fingerprint density at radius 2 is 1.92 bits per heavy atom. The van der Waals surface area contributed by atoms with Crippen LogP contribution in [0, 0.1) is 18.3 Å². The number of nitrogens with zero attached hydrogens (tertiary/aromatic N) is 1. The average molecular weight is 324 g/mol. The van der Waals surface area contributed by atoms with Crippen LogP contribution in [0.4, 0.5) is 5.69 Å². The van der Waals surface area contributed by atoms with E-state index in [-0.39, 0.29) is 11.3 Å². The van der Waals surface area contributed by atoms with Gasteiger partial charge in [0.15, 0.2) is 0 Å². The van der Waals surface area contributed by atoms with Crippen molar-refractivity contribution in [3.63, 3.8) is 0 Å². The fraction of sp³-hybridized carbons (Fsp3) is 0.524. The number of carbonyl (C=O) groups excluding carboxylic acids is 1. The van der Waals surface area contributed by atoms with E-state index >= 15 is 0 Å². The molecule has 24 heavy (non-hydrogen) atoms. The van der Waals surface area contributed by atoms with Crippen molar-refractivity contribution in [1.82, 2.24) is 4.98 Å². The summed E-state index contributed by atoms with van der Waals surface area (Å²) in [4.78, 5) is 17.8. The molecule has 1 heterocycles. The quantitative estimate of drug-likeness (QED) is 0.809. The van der Waals surface area contributed by atoms with Gasteiger partial charge in [0.2, 0.25) is 5.91 Å². The molecule has 1 fully saturated rings. The standard InChI is InChI=1S/C21H28N2O/c1-15(2)14-21(11-7-4-8-12-21)20(24)23-19-13-17-9-5-6-10-18(17)22-16(19)3/h5-6,9-10,13,15H,4,7-8,11-12,14H2,1-3H3,(H,23,24). The fourth-order valence-electron chi connectivity index (χ4n) is 4.13. The zero-order chi connectivity index (χ0) is 17.2. The highest BCUT2D eigenvalue weighted by atomic mass is 16.2. The number of rotatable bonds is 4. The minimum Gasteiger partial charge on any atom is -0.324 e. The summed E-state index contributed by atoms with van der Waals surface area (Å²) < 4.78 is 0. The van der Waals surface area contributed by atoms with Crippen LogP contribution < -0.4 is 5.32 Å². The van der Waals surface area contributed by atoms with Crippen molar-refractivity contribution in [2.45, 2.75) is 59.3 Å². The lowest BCUT2D eigenvalue weighted by Gasteiger charge is -2.37. The summed E-state index contributed by atoms with van der Waals surface area (Å²) in [6.45, 7) is 6.40. The van der Waals surface area contributed by atoms with Crippen LogP contribution in [0.25, 0.3) is 10.9 Å². The first kappa shape index (κ1) is 16.9. The molecule has 1 N–H and O–H groups in total. The molecule has 1 aromatic carbocycles. The first-order valence-corrected chi connectivity index (χ1v) is 9.18. The van der Waals surface area contributed by atoms with E-state index in [4.69, 9.17) is 0 Å². The molecule has 128 valence electrons. The van der Waals surface area contributed by atoms with E-state index < -0.39 is 0 Å². The first-order valence-electron chi connectivity index (χ1n) is 9.18. The molecule has 3 heteroatoms. The molecule has 1 aliphatic carbocycles. The Morgan fingerprint density at radius 3 is 2.62 bits per heavy atom. The molecule has 1 amide bonds. The summed E-state index contributed by atoms with van der Waals surface area (Å²) in [6.07, 6.45) is 6.57. The smallest absolute Gasteiger partial charge is 0.230 e. The predicted octanol–water partition coefficient (Wildman–Crippen LogP) is 5.48. The number of fused-ring (bicyclic) bond motifs is 1. The lowest BCUT2D eigenvalue weighted by Crippen LogP contribution is -2.39. The van der Waals surface area contributed by atoms with Gasteiger partial charge in [0, 0.05) is 10.8 Å². The number of aryl methyl sites for hydroxylation is 1.